The van der Waals surface area contributed by atoms with Crippen molar-refractivity contribution >= 4 is 28.6 Å². The van der Waals surface area contributed by atoms with Crippen LogP contribution in [0.25, 0.3) is 43.9 Å². The van der Waals surface area contributed by atoms with Crippen LogP contribution in [0.1, 0.15) is 13.8 Å². The lowest BCUT2D eigenvalue weighted by Crippen LogP contribution is -2.24. The Labute approximate surface area is 183 Å². The average Bonchev–Trinajstić information content (AvgIpc) is 2.80. The molecule has 0 aliphatic carbocycles. The van der Waals surface area contributed by atoms with Gasteiger partial charge in [-0.05, 0) is 42.2 Å². The summed E-state index contributed by atoms with van der Waals surface area (Å²) in [6.45, 7) is 5.28. The molecule has 2 aromatic carbocycles. The zero-order valence-electron chi connectivity index (χ0n) is 17.6. The number of aromatic nitrogens is 3. The summed E-state index contributed by atoms with van der Waals surface area (Å²) in [4.78, 5) is 30.4. The van der Waals surface area contributed by atoms with Crippen LogP contribution < -0.4 is 16.3 Å². The summed E-state index contributed by atoms with van der Waals surface area (Å²) in [5.74, 6) is 0.641. The van der Waals surface area contributed by atoms with Gasteiger partial charge < -0.3 is 15.1 Å². The summed E-state index contributed by atoms with van der Waals surface area (Å²) in [6, 6.07) is 14.3. The molecule has 0 fully saturated rings. The third-order valence-corrected chi connectivity index (χ3v) is 5.06. The van der Waals surface area contributed by atoms with E-state index in [4.69, 9.17) is 15.7 Å². The van der Waals surface area contributed by atoms with Crippen molar-refractivity contribution in [1.29, 1.82) is 0 Å². The number of benzene rings is 2. The van der Waals surface area contributed by atoms with Gasteiger partial charge in [0.2, 0.25) is 11.9 Å². The van der Waals surface area contributed by atoms with Crippen LogP contribution in [0.4, 0.5) is 17.6 Å². The Bertz CT molecular complexity index is 1390. The molecule has 0 spiro atoms. The highest BCUT2D eigenvalue weighted by Crippen LogP contribution is 2.32. The SMILES string of the molecule is CCN(CC)c1nc(N=[N+]=[N-])nc(-c2ccc3c(N)c(-c4ccccc4)c(=O)oc3c2)n1. The van der Waals surface area contributed by atoms with E-state index < -0.39 is 5.63 Å². The summed E-state index contributed by atoms with van der Waals surface area (Å²) in [5, 5.41) is 4.14. The number of rotatable bonds is 6. The lowest BCUT2D eigenvalue weighted by molar-refractivity contribution is 0.564. The average molecular weight is 428 g/mol. The Morgan fingerprint density at radius 3 is 2.50 bits per heavy atom. The van der Waals surface area contributed by atoms with Gasteiger partial charge in [-0.3, -0.25) is 0 Å². The lowest BCUT2D eigenvalue weighted by atomic mass is 10.0. The van der Waals surface area contributed by atoms with E-state index in [1.807, 2.05) is 36.9 Å². The van der Waals surface area contributed by atoms with Crippen LogP contribution in [0.2, 0.25) is 0 Å². The predicted octanol–water partition coefficient (Wildman–Crippen LogP) is 4.68. The van der Waals surface area contributed by atoms with Crippen molar-refractivity contribution in [3.05, 3.63) is 69.4 Å². The molecule has 0 radical (unpaired) electrons. The fourth-order valence-electron chi connectivity index (χ4n) is 3.46. The number of nitrogens with two attached hydrogens (primary N) is 1. The Morgan fingerprint density at radius 1 is 1.06 bits per heavy atom. The standard InChI is InChI=1S/C22H20N8O2/c1-3-30(4-2)22-26-19(25-21(27-22)28-29-24)14-10-11-15-16(12-14)32-20(31)17(18(15)23)13-8-6-5-7-9-13/h5-12H,3-4,23H2,1-2H3. The molecule has 4 rings (SSSR count). The van der Waals surface area contributed by atoms with Gasteiger partial charge in [-0.25, -0.2) is 9.78 Å². The molecular formula is C22H20N8O2. The molecule has 10 heteroatoms. The fourth-order valence-corrected chi connectivity index (χ4v) is 3.46. The van der Waals surface area contributed by atoms with Crippen molar-refractivity contribution in [2.75, 3.05) is 23.7 Å². The first-order valence-electron chi connectivity index (χ1n) is 10.0. The molecule has 4 aromatic rings. The third-order valence-electron chi connectivity index (χ3n) is 5.06. The van der Waals surface area contributed by atoms with Crippen LogP contribution in [0, 0.1) is 0 Å². The number of nitrogens with zero attached hydrogens (tertiary/aromatic N) is 7. The van der Waals surface area contributed by atoms with Crippen LogP contribution in [-0.2, 0) is 0 Å². The first-order chi connectivity index (χ1) is 15.5. The highest BCUT2D eigenvalue weighted by Gasteiger charge is 2.17. The van der Waals surface area contributed by atoms with Crippen LogP contribution >= 0.6 is 0 Å². The summed E-state index contributed by atoms with van der Waals surface area (Å²) < 4.78 is 5.59. The maximum atomic E-state index is 12.7. The Morgan fingerprint density at radius 2 is 1.81 bits per heavy atom. The van der Waals surface area contributed by atoms with Crippen LogP contribution in [-0.4, -0.2) is 28.0 Å². The molecule has 0 saturated heterocycles. The monoisotopic (exact) mass is 428 g/mol. The van der Waals surface area contributed by atoms with Crippen molar-refractivity contribution in [1.82, 2.24) is 15.0 Å². The second-order valence-corrected chi connectivity index (χ2v) is 6.88. The number of hydrogen-bond acceptors (Lipinski definition) is 8. The number of azide groups is 1. The van der Waals surface area contributed by atoms with Crippen molar-refractivity contribution in [3.63, 3.8) is 0 Å². The van der Waals surface area contributed by atoms with Crippen molar-refractivity contribution < 1.29 is 4.42 Å². The first kappa shape index (κ1) is 20.8. The molecule has 160 valence electrons. The molecule has 10 nitrogen and oxygen atoms in total. The van der Waals surface area contributed by atoms with E-state index in [2.05, 4.69) is 25.0 Å². The maximum Gasteiger partial charge on any atom is 0.346 e. The van der Waals surface area contributed by atoms with Gasteiger partial charge in [-0.15, -0.1) is 0 Å². The number of anilines is 2. The molecule has 0 saturated carbocycles. The number of hydrogen-bond donors (Lipinski definition) is 1. The van der Waals surface area contributed by atoms with E-state index in [0.29, 0.717) is 58.2 Å². The van der Waals surface area contributed by atoms with Crippen molar-refractivity contribution in [2.24, 2.45) is 5.11 Å². The zero-order chi connectivity index (χ0) is 22.7. The van der Waals surface area contributed by atoms with E-state index in [0.717, 1.165) is 0 Å². The maximum absolute atomic E-state index is 12.7. The molecule has 0 aliphatic heterocycles. The number of nitrogen functional groups attached to an aromatic ring is 1. The van der Waals surface area contributed by atoms with Gasteiger partial charge in [0.1, 0.15) is 5.58 Å². The van der Waals surface area contributed by atoms with E-state index in [9.17, 15) is 4.79 Å². The minimum absolute atomic E-state index is 0.0418. The second-order valence-electron chi connectivity index (χ2n) is 6.88. The summed E-state index contributed by atoms with van der Waals surface area (Å²) in [6.07, 6.45) is 0. The lowest BCUT2D eigenvalue weighted by Gasteiger charge is -2.19. The molecule has 32 heavy (non-hydrogen) atoms. The summed E-state index contributed by atoms with van der Waals surface area (Å²) in [7, 11) is 0. The highest BCUT2D eigenvalue weighted by molar-refractivity contribution is 5.98. The van der Waals surface area contributed by atoms with E-state index in [-0.39, 0.29) is 5.95 Å². The van der Waals surface area contributed by atoms with E-state index in [1.54, 1.807) is 30.3 Å². The molecule has 0 bridgehead atoms. The van der Waals surface area contributed by atoms with E-state index >= 15 is 0 Å². The second kappa shape index (κ2) is 8.75. The van der Waals surface area contributed by atoms with Gasteiger partial charge >= 0.3 is 5.63 Å². The zero-order valence-corrected chi connectivity index (χ0v) is 17.6. The molecule has 2 aromatic heterocycles. The molecule has 2 N–H and O–H groups in total. The van der Waals surface area contributed by atoms with Crippen LogP contribution in [0.5, 0.6) is 0 Å². The predicted molar refractivity (Wildman–Crippen MR) is 124 cm³/mol. The quantitative estimate of drug-likeness (QED) is 0.203. The van der Waals surface area contributed by atoms with Crippen molar-refractivity contribution in [2.45, 2.75) is 13.8 Å². The highest BCUT2D eigenvalue weighted by atomic mass is 16.4. The fraction of sp³-hybridized carbons (Fsp3) is 0.182. The smallest absolute Gasteiger partial charge is 0.346 e. The minimum Gasteiger partial charge on any atom is -0.422 e. The topological polar surface area (TPSA) is 147 Å². The molecular weight excluding hydrogens is 408 g/mol. The minimum atomic E-state index is -0.535. The van der Waals surface area contributed by atoms with Crippen LogP contribution in [0.3, 0.4) is 0 Å². The van der Waals surface area contributed by atoms with Crippen molar-refractivity contribution in [3.8, 4) is 22.5 Å². The normalized spacial score (nSPS) is 10.7. The molecule has 2 heterocycles. The molecule has 0 amide bonds. The number of fused-ring (bicyclic) bond motifs is 1. The van der Waals surface area contributed by atoms with Crippen LogP contribution in [0.15, 0.2) is 62.9 Å². The van der Waals surface area contributed by atoms with Gasteiger partial charge in [0, 0.05) is 29.0 Å². The van der Waals surface area contributed by atoms with Gasteiger partial charge in [-0.2, -0.15) is 9.97 Å². The molecule has 0 unspecified atom stereocenters. The van der Waals surface area contributed by atoms with Gasteiger partial charge in [0.15, 0.2) is 5.82 Å². The van der Waals surface area contributed by atoms with Gasteiger partial charge in [0.05, 0.1) is 11.3 Å². The van der Waals surface area contributed by atoms with Gasteiger partial charge in [0.25, 0.3) is 0 Å². The molecule has 0 atom stereocenters. The Balaban J connectivity index is 1.88. The van der Waals surface area contributed by atoms with Gasteiger partial charge in [-0.1, -0.05) is 36.4 Å². The summed E-state index contributed by atoms with van der Waals surface area (Å²) >= 11 is 0. The Kier molecular flexibility index (Phi) is 5.69. The summed E-state index contributed by atoms with van der Waals surface area (Å²) in [5.41, 5.74) is 16.8. The molecule has 0 aliphatic rings. The first-order valence-corrected chi connectivity index (χ1v) is 10.0. The third kappa shape index (κ3) is 3.82. The van der Waals surface area contributed by atoms with E-state index in [1.165, 1.54) is 0 Å². The Hall–Kier alpha value is -4.43. The largest absolute Gasteiger partial charge is 0.422 e.